The maximum Gasteiger partial charge on any atom is 0.118 e. The van der Waals surface area contributed by atoms with Gasteiger partial charge in [0, 0.05) is 17.6 Å². The molecule has 0 spiro atoms. The van der Waals surface area contributed by atoms with Crippen molar-refractivity contribution < 1.29 is 9.84 Å². The number of benzene rings is 2. The summed E-state index contributed by atoms with van der Waals surface area (Å²) in [7, 11) is 1.62. The van der Waals surface area contributed by atoms with Gasteiger partial charge in [0.05, 0.1) is 13.2 Å². The highest BCUT2D eigenvalue weighted by atomic mass is 35.5. The molecule has 0 saturated heterocycles. The van der Waals surface area contributed by atoms with Crippen LogP contribution in [0.4, 0.5) is 0 Å². The van der Waals surface area contributed by atoms with Crippen molar-refractivity contribution in [2.24, 2.45) is 0 Å². The first-order valence-corrected chi connectivity index (χ1v) is 7.29. The number of ether oxygens (including phenoxy) is 1. The molecule has 3 nitrogen and oxygen atoms in total. The van der Waals surface area contributed by atoms with Crippen LogP contribution in [0.3, 0.4) is 0 Å². The molecule has 2 N–H and O–H groups in total. The largest absolute Gasteiger partial charge is 0.497 e. The second-order valence-electron chi connectivity index (χ2n) is 4.94. The van der Waals surface area contributed by atoms with Gasteiger partial charge in [0.25, 0.3) is 0 Å². The number of hydrogen-bond acceptors (Lipinski definition) is 3. The Morgan fingerprint density at radius 3 is 2.43 bits per heavy atom. The highest BCUT2D eigenvalue weighted by Gasteiger charge is 2.12. The predicted octanol–water partition coefficient (Wildman–Crippen LogP) is 3.73. The van der Waals surface area contributed by atoms with Crippen LogP contribution < -0.4 is 10.1 Å². The van der Waals surface area contributed by atoms with Gasteiger partial charge in [-0.2, -0.15) is 0 Å². The molecular weight excluding hydrogens is 286 g/mol. The summed E-state index contributed by atoms with van der Waals surface area (Å²) in [4.78, 5) is 0. The van der Waals surface area contributed by atoms with E-state index in [2.05, 4.69) is 5.32 Å². The molecule has 0 fully saturated rings. The van der Waals surface area contributed by atoms with E-state index in [0.29, 0.717) is 6.54 Å². The summed E-state index contributed by atoms with van der Waals surface area (Å²) in [5.41, 5.74) is 1.88. The average Bonchev–Trinajstić information content (AvgIpc) is 2.52. The van der Waals surface area contributed by atoms with Crippen molar-refractivity contribution in [2.45, 2.75) is 19.1 Å². The number of aliphatic hydroxyl groups excluding tert-OH is 1. The van der Waals surface area contributed by atoms with Crippen LogP contribution in [0.15, 0.2) is 48.5 Å². The molecular formula is C17H20ClNO2. The van der Waals surface area contributed by atoms with Gasteiger partial charge >= 0.3 is 0 Å². The normalized spacial score (nSPS) is 13.7. The Morgan fingerprint density at radius 2 is 1.81 bits per heavy atom. The minimum Gasteiger partial charge on any atom is -0.497 e. The molecule has 0 heterocycles. The predicted molar refractivity (Wildman–Crippen MR) is 85.8 cm³/mol. The van der Waals surface area contributed by atoms with Crippen LogP contribution in [-0.2, 0) is 0 Å². The van der Waals surface area contributed by atoms with Gasteiger partial charge in [-0.25, -0.2) is 0 Å². The van der Waals surface area contributed by atoms with Gasteiger partial charge in [0.1, 0.15) is 5.75 Å². The first-order chi connectivity index (χ1) is 10.1. The molecule has 0 radical (unpaired) electrons. The maximum absolute atomic E-state index is 10.2. The van der Waals surface area contributed by atoms with Crippen molar-refractivity contribution in [3.63, 3.8) is 0 Å². The molecule has 4 heteroatoms. The van der Waals surface area contributed by atoms with Crippen LogP contribution in [0.2, 0.25) is 5.02 Å². The Balaban J connectivity index is 1.94. The van der Waals surface area contributed by atoms with Crippen LogP contribution in [0, 0.1) is 0 Å². The Hall–Kier alpha value is -1.55. The fraction of sp³-hybridized carbons (Fsp3) is 0.294. The third-order valence-corrected chi connectivity index (χ3v) is 3.83. The molecule has 2 atom stereocenters. The van der Waals surface area contributed by atoms with Crippen LogP contribution in [-0.4, -0.2) is 18.8 Å². The number of methoxy groups -OCH3 is 1. The number of aliphatic hydroxyl groups is 1. The minimum absolute atomic E-state index is 0.0756. The topological polar surface area (TPSA) is 41.5 Å². The zero-order chi connectivity index (χ0) is 15.2. The average molecular weight is 306 g/mol. The first kappa shape index (κ1) is 15.8. The van der Waals surface area contributed by atoms with Crippen LogP contribution in [0.25, 0.3) is 0 Å². The van der Waals surface area contributed by atoms with Crippen molar-refractivity contribution in [1.29, 1.82) is 0 Å². The third kappa shape index (κ3) is 4.21. The third-order valence-electron chi connectivity index (χ3n) is 3.49. The second-order valence-corrected chi connectivity index (χ2v) is 5.35. The summed E-state index contributed by atoms with van der Waals surface area (Å²) in [5, 5.41) is 14.2. The standard InChI is InChI=1S/C17H20ClNO2/c1-12(15-5-3-4-6-16(15)18)19-11-17(20)13-7-9-14(21-2)10-8-13/h3-10,12,17,19-20H,11H2,1-2H3/t12-,17?/m0/s1. The quantitative estimate of drug-likeness (QED) is 0.854. The first-order valence-electron chi connectivity index (χ1n) is 6.91. The van der Waals surface area contributed by atoms with E-state index in [4.69, 9.17) is 16.3 Å². The van der Waals surface area contributed by atoms with Crippen LogP contribution in [0.5, 0.6) is 5.75 Å². The van der Waals surface area contributed by atoms with Gasteiger partial charge in [-0.3, -0.25) is 0 Å². The van der Waals surface area contributed by atoms with Crippen LogP contribution in [0.1, 0.15) is 30.2 Å². The lowest BCUT2D eigenvalue weighted by Crippen LogP contribution is -2.24. The molecule has 0 aromatic heterocycles. The van der Waals surface area contributed by atoms with Gasteiger partial charge in [-0.15, -0.1) is 0 Å². The Kier molecular flexibility index (Phi) is 5.62. The molecule has 21 heavy (non-hydrogen) atoms. The summed E-state index contributed by atoms with van der Waals surface area (Å²) >= 11 is 6.17. The minimum atomic E-state index is -0.569. The molecule has 0 aliphatic heterocycles. The van der Waals surface area contributed by atoms with Crippen molar-refractivity contribution >= 4 is 11.6 Å². The van der Waals surface area contributed by atoms with E-state index in [0.717, 1.165) is 21.9 Å². The van der Waals surface area contributed by atoms with Crippen molar-refractivity contribution in [3.8, 4) is 5.75 Å². The lowest BCUT2D eigenvalue weighted by molar-refractivity contribution is 0.170. The van der Waals surface area contributed by atoms with Crippen molar-refractivity contribution in [3.05, 3.63) is 64.7 Å². The number of nitrogens with one attached hydrogen (secondary N) is 1. The summed E-state index contributed by atoms with van der Waals surface area (Å²) < 4.78 is 5.11. The highest BCUT2D eigenvalue weighted by Crippen LogP contribution is 2.23. The molecule has 0 aliphatic carbocycles. The van der Waals surface area contributed by atoms with Gasteiger partial charge in [0.15, 0.2) is 0 Å². The molecule has 2 rings (SSSR count). The van der Waals surface area contributed by atoms with Gasteiger partial charge in [-0.1, -0.05) is 41.9 Å². The lowest BCUT2D eigenvalue weighted by Gasteiger charge is -2.19. The molecule has 0 bridgehead atoms. The van der Waals surface area contributed by atoms with E-state index < -0.39 is 6.10 Å². The Morgan fingerprint density at radius 1 is 1.14 bits per heavy atom. The molecule has 0 saturated carbocycles. The highest BCUT2D eigenvalue weighted by molar-refractivity contribution is 6.31. The molecule has 112 valence electrons. The second kappa shape index (κ2) is 7.46. The van der Waals surface area contributed by atoms with E-state index in [-0.39, 0.29) is 6.04 Å². The van der Waals surface area contributed by atoms with E-state index in [1.54, 1.807) is 7.11 Å². The molecule has 2 aromatic carbocycles. The number of rotatable bonds is 6. The van der Waals surface area contributed by atoms with Gasteiger partial charge in [-0.05, 0) is 36.2 Å². The van der Waals surface area contributed by atoms with Crippen molar-refractivity contribution in [1.82, 2.24) is 5.32 Å². The van der Waals surface area contributed by atoms with E-state index in [9.17, 15) is 5.11 Å². The summed E-state index contributed by atoms with van der Waals surface area (Å²) in [6.45, 7) is 2.49. The van der Waals surface area contributed by atoms with E-state index in [1.165, 1.54) is 0 Å². The number of hydrogen-bond donors (Lipinski definition) is 2. The van der Waals surface area contributed by atoms with Crippen molar-refractivity contribution in [2.75, 3.05) is 13.7 Å². The molecule has 0 aliphatic rings. The smallest absolute Gasteiger partial charge is 0.118 e. The molecule has 1 unspecified atom stereocenters. The zero-order valence-corrected chi connectivity index (χ0v) is 13.0. The number of halogens is 1. The lowest BCUT2D eigenvalue weighted by atomic mass is 10.1. The van der Waals surface area contributed by atoms with Crippen LogP contribution >= 0.6 is 11.6 Å². The van der Waals surface area contributed by atoms with Gasteiger partial charge < -0.3 is 15.2 Å². The zero-order valence-electron chi connectivity index (χ0n) is 12.2. The molecule has 0 amide bonds. The van der Waals surface area contributed by atoms with E-state index >= 15 is 0 Å². The van der Waals surface area contributed by atoms with E-state index in [1.807, 2.05) is 55.5 Å². The maximum atomic E-state index is 10.2. The Bertz CT molecular complexity index is 571. The summed E-state index contributed by atoms with van der Waals surface area (Å²) in [5.74, 6) is 0.781. The summed E-state index contributed by atoms with van der Waals surface area (Å²) in [6, 6.07) is 15.2. The molecule has 2 aromatic rings. The summed E-state index contributed by atoms with van der Waals surface area (Å²) in [6.07, 6.45) is -0.569. The Labute approximate surface area is 130 Å². The monoisotopic (exact) mass is 305 g/mol. The SMILES string of the molecule is COc1ccc(C(O)CN[C@@H](C)c2ccccc2Cl)cc1. The fourth-order valence-electron chi connectivity index (χ4n) is 2.17. The fourth-order valence-corrected chi connectivity index (χ4v) is 2.47. The van der Waals surface area contributed by atoms with Gasteiger partial charge in [0.2, 0.25) is 0 Å².